The van der Waals surface area contributed by atoms with E-state index >= 15 is 0 Å². The van der Waals surface area contributed by atoms with Crippen molar-refractivity contribution in [3.05, 3.63) is 57.5 Å². The van der Waals surface area contributed by atoms with E-state index in [0.717, 1.165) is 5.56 Å². The fraction of sp³-hybridized carbons (Fsp3) is 0.250. The molecule has 0 saturated carbocycles. The molecule has 3 aromatic rings. The van der Waals surface area contributed by atoms with Gasteiger partial charge in [-0.05, 0) is 17.7 Å². The van der Waals surface area contributed by atoms with Crippen molar-refractivity contribution in [3.63, 3.8) is 0 Å². The fourth-order valence-corrected chi connectivity index (χ4v) is 2.64. The number of amides is 1. The number of carbonyl (C=O) groups excluding carboxylic acids is 1. The standard InChI is InChI=1S/C16H16ClN7O4/c1-28-15-13(24(26)27)9-22(20-15)6-5-14(25)19-16-18-10-23(21-16)8-11-3-2-4-12(17)7-11/h2-4,7,9-10H,5-6,8H2,1H3,(H,19,21,25). The number of nitrogens with zero attached hydrogens (tertiary/aromatic N) is 6. The summed E-state index contributed by atoms with van der Waals surface area (Å²) in [5.74, 6) is -0.291. The summed E-state index contributed by atoms with van der Waals surface area (Å²) in [5, 5.41) is 22.2. The average molecular weight is 406 g/mol. The van der Waals surface area contributed by atoms with E-state index in [-0.39, 0.29) is 36.4 Å². The molecule has 28 heavy (non-hydrogen) atoms. The Labute approximate surface area is 164 Å². The fourth-order valence-electron chi connectivity index (χ4n) is 2.43. The lowest BCUT2D eigenvalue weighted by molar-refractivity contribution is -0.385. The molecule has 0 radical (unpaired) electrons. The quantitative estimate of drug-likeness (QED) is 0.448. The van der Waals surface area contributed by atoms with Gasteiger partial charge in [0.25, 0.3) is 0 Å². The molecule has 1 aromatic carbocycles. The summed E-state index contributed by atoms with van der Waals surface area (Å²) in [7, 11) is 1.29. The molecule has 3 rings (SSSR count). The minimum Gasteiger partial charge on any atom is -0.475 e. The van der Waals surface area contributed by atoms with Crippen LogP contribution in [-0.2, 0) is 17.9 Å². The Balaban J connectivity index is 1.54. The number of rotatable bonds is 8. The van der Waals surface area contributed by atoms with Crippen LogP contribution in [0.5, 0.6) is 5.88 Å². The molecule has 1 N–H and O–H groups in total. The Hall–Kier alpha value is -3.47. The minimum atomic E-state index is -0.598. The van der Waals surface area contributed by atoms with E-state index in [4.69, 9.17) is 16.3 Å². The molecule has 2 heterocycles. The average Bonchev–Trinajstić information content (AvgIpc) is 3.26. The maximum absolute atomic E-state index is 12.1. The lowest BCUT2D eigenvalue weighted by Crippen LogP contribution is -2.16. The Morgan fingerprint density at radius 3 is 2.86 bits per heavy atom. The number of methoxy groups -OCH3 is 1. The number of aryl methyl sites for hydroxylation is 1. The van der Waals surface area contributed by atoms with Gasteiger partial charge in [0.2, 0.25) is 11.9 Å². The zero-order valence-electron chi connectivity index (χ0n) is 14.8. The molecule has 2 aromatic heterocycles. The molecule has 0 spiro atoms. The van der Waals surface area contributed by atoms with E-state index in [1.807, 2.05) is 18.2 Å². The van der Waals surface area contributed by atoms with Crippen LogP contribution < -0.4 is 10.1 Å². The summed E-state index contributed by atoms with van der Waals surface area (Å²) in [4.78, 5) is 26.4. The molecular formula is C16H16ClN7O4. The normalized spacial score (nSPS) is 10.6. The molecule has 0 aliphatic carbocycles. The molecule has 0 aliphatic heterocycles. The van der Waals surface area contributed by atoms with Gasteiger partial charge in [0.05, 0.1) is 25.1 Å². The number of nitrogens with one attached hydrogen (secondary N) is 1. The molecule has 0 unspecified atom stereocenters. The Morgan fingerprint density at radius 2 is 2.18 bits per heavy atom. The van der Waals surface area contributed by atoms with Crippen LogP contribution in [0.1, 0.15) is 12.0 Å². The van der Waals surface area contributed by atoms with Crippen LogP contribution >= 0.6 is 11.6 Å². The number of carbonyl (C=O) groups is 1. The first-order valence-electron chi connectivity index (χ1n) is 8.14. The van der Waals surface area contributed by atoms with Gasteiger partial charge in [0, 0.05) is 11.4 Å². The highest BCUT2D eigenvalue weighted by atomic mass is 35.5. The Bertz CT molecular complexity index is 1000. The van der Waals surface area contributed by atoms with E-state index in [1.54, 1.807) is 10.7 Å². The van der Waals surface area contributed by atoms with Crippen molar-refractivity contribution >= 4 is 29.1 Å². The highest BCUT2D eigenvalue weighted by molar-refractivity contribution is 6.30. The predicted octanol–water partition coefficient (Wildman–Crippen LogP) is 2.12. The molecule has 0 atom stereocenters. The largest absolute Gasteiger partial charge is 0.475 e. The summed E-state index contributed by atoms with van der Waals surface area (Å²) < 4.78 is 7.70. The van der Waals surface area contributed by atoms with E-state index in [2.05, 4.69) is 20.5 Å². The second-order valence-electron chi connectivity index (χ2n) is 5.74. The summed E-state index contributed by atoms with van der Waals surface area (Å²) in [5.41, 5.74) is 0.689. The number of anilines is 1. The van der Waals surface area contributed by atoms with Crippen molar-refractivity contribution in [1.29, 1.82) is 0 Å². The second kappa shape index (κ2) is 8.48. The SMILES string of the molecule is COc1nn(CCC(=O)Nc2ncn(Cc3cccc(Cl)c3)n2)cc1[N+](=O)[O-]. The summed E-state index contributed by atoms with van der Waals surface area (Å²) in [6, 6.07) is 7.34. The summed E-state index contributed by atoms with van der Waals surface area (Å²) in [6.45, 7) is 0.597. The van der Waals surface area contributed by atoms with Crippen LogP contribution in [0.4, 0.5) is 11.6 Å². The molecule has 146 valence electrons. The lowest BCUT2D eigenvalue weighted by Gasteiger charge is -2.02. The van der Waals surface area contributed by atoms with Gasteiger partial charge in [-0.2, -0.15) is 0 Å². The van der Waals surface area contributed by atoms with Gasteiger partial charge in [-0.3, -0.25) is 24.9 Å². The minimum absolute atomic E-state index is 0.0326. The summed E-state index contributed by atoms with van der Waals surface area (Å²) in [6.07, 6.45) is 2.74. The molecule has 0 aliphatic rings. The lowest BCUT2D eigenvalue weighted by atomic mass is 10.2. The topological polar surface area (TPSA) is 130 Å². The summed E-state index contributed by atoms with van der Waals surface area (Å²) >= 11 is 5.95. The monoisotopic (exact) mass is 405 g/mol. The van der Waals surface area contributed by atoms with Crippen molar-refractivity contribution < 1.29 is 14.5 Å². The Morgan fingerprint density at radius 1 is 1.36 bits per heavy atom. The maximum atomic E-state index is 12.1. The number of hydrogen-bond acceptors (Lipinski definition) is 7. The van der Waals surface area contributed by atoms with Crippen molar-refractivity contribution in [1.82, 2.24) is 24.5 Å². The maximum Gasteiger partial charge on any atom is 0.350 e. The number of benzene rings is 1. The smallest absolute Gasteiger partial charge is 0.350 e. The van der Waals surface area contributed by atoms with E-state index in [1.165, 1.54) is 24.3 Å². The van der Waals surface area contributed by atoms with Crippen molar-refractivity contribution in [3.8, 4) is 5.88 Å². The number of hydrogen-bond donors (Lipinski definition) is 1. The van der Waals surface area contributed by atoms with E-state index in [9.17, 15) is 14.9 Å². The molecule has 12 heteroatoms. The first-order valence-corrected chi connectivity index (χ1v) is 8.52. The molecule has 0 bridgehead atoms. The van der Waals surface area contributed by atoms with Crippen molar-refractivity contribution in [2.45, 2.75) is 19.5 Å². The highest BCUT2D eigenvalue weighted by Gasteiger charge is 2.20. The van der Waals surface area contributed by atoms with Crippen LogP contribution in [0.15, 0.2) is 36.8 Å². The molecular weight excluding hydrogens is 390 g/mol. The molecule has 0 saturated heterocycles. The second-order valence-corrected chi connectivity index (χ2v) is 6.17. The third kappa shape index (κ3) is 4.82. The van der Waals surface area contributed by atoms with Crippen LogP contribution in [0.25, 0.3) is 0 Å². The molecule has 11 nitrogen and oxygen atoms in total. The van der Waals surface area contributed by atoms with Gasteiger partial charge in [-0.1, -0.05) is 23.7 Å². The van der Waals surface area contributed by atoms with E-state index in [0.29, 0.717) is 11.6 Å². The van der Waals surface area contributed by atoms with E-state index < -0.39 is 4.92 Å². The molecule has 0 fully saturated rings. The zero-order chi connectivity index (χ0) is 20.1. The Kier molecular flexibility index (Phi) is 5.84. The number of ether oxygens (including phenoxy) is 1. The van der Waals surface area contributed by atoms with Crippen molar-refractivity contribution in [2.24, 2.45) is 0 Å². The van der Waals surface area contributed by atoms with Gasteiger partial charge >= 0.3 is 11.6 Å². The molecule has 1 amide bonds. The number of nitro groups is 1. The van der Waals surface area contributed by atoms with Crippen LogP contribution in [-0.4, -0.2) is 42.5 Å². The van der Waals surface area contributed by atoms with Crippen LogP contribution in [0.2, 0.25) is 5.02 Å². The van der Waals surface area contributed by atoms with Crippen LogP contribution in [0, 0.1) is 10.1 Å². The first-order chi connectivity index (χ1) is 13.4. The number of aromatic nitrogens is 5. The third-order valence-corrected chi connectivity index (χ3v) is 3.92. The number of halogens is 1. The highest BCUT2D eigenvalue weighted by Crippen LogP contribution is 2.24. The van der Waals surface area contributed by atoms with Gasteiger partial charge < -0.3 is 4.74 Å². The van der Waals surface area contributed by atoms with Gasteiger partial charge in [0.1, 0.15) is 12.5 Å². The van der Waals surface area contributed by atoms with Gasteiger partial charge in [-0.25, -0.2) is 9.67 Å². The van der Waals surface area contributed by atoms with Gasteiger partial charge in [-0.15, -0.1) is 10.2 Å². The van der Waals surface area contributed by atoms with Gasteiger partial charge in [0.15, 0.2) is 0 Å². The van der Waals surface area contributed by atoms with Crippen molar-refractivity contribution in [2.75, 3.05) is 12.4 Å². The first kappa shape index (κ1) is 19.3. The predicted molar refractivity (Wildman–Crippen MR) is 99.3 cm³/mol. The van der Waals surface area contributed by atoms with Crippen LogP contribution in [0.3, 0.4) is 0 Å². The third-order valence-electron chi connectivity index (χ3n) is 3.69. The zero-order valence-corrected chi connectivity index (χ0v) is 15.5.